The van der Waals surface area contributed by atoms with Crippen molar-refractivity contribution < 1.29 is 13.9 Å². The van der Waals surface area contributed by atoms with E-state index in [-0.39, 0.29) is 5.76 Å². The van der Waals surface area contributed by atoms with Gasteiger partial charge in [0.15, 0.2) is 12.0 Å². The van der Waals surface area contributed by atoms with Crippen molar-refractivity contribution in [2.75, 3.05) is 0 Å². The summed E-state index contributed by atoms with van der Waals surface area (Å²) in [5.41, 5.74) is 2.31. The van der Waals surface area contributed by atoms with Crippen molar-refractivity contribution in [1.82, 2.24) is 9.97 Å². The van der Waals surface area contributed by atoms with E-state index in [1.165, 1.54) is 0 Å². The van der Waals surface area contributed by atoms with Crippen LogP contribution in [-0.2, 0) is 0 Å². The molecule has 0 spiro atoms. The first-order valence-electron chi connectivity index (χ1n) is 7.35. The summed E-state index contributed by atoms with van der Waals surface area (Å²) >= 11 is 0. The number of aldehydes is 1. The number of carbonyl (C=O) groups excluding carboxylic acids is 1. The number of aromatic nitrogens is 2. The Morgan fingerprint density at radius 1 is 1.04 bits per heavy atom. The summed E-state index contributed by atoms with van der Waals surface area (Å²) in [6.07, 6.45) is 5.74. The minimum Gasteiger partial charge on any atom is -0.453 e. The number of carbonyl (C=O) groups is 1. The van der Waals surface area contributed by atoms with E-state index in [1.54, 1.807) is 30.7 Å². The van der Waals surface area contributed by atoms with E-state index in [1.807, 2.05) is 36.4 Å². The minimum atomic E-state index is 0.278. The number of furan rings is 1. The molecule has 0 radical (unpaired) electrons. The second-order valence-corrected chi connectivity index (χ2v) is 5.17. The van der Waals surface area contributed by atoms with Gasteiger partial charge in [0.1, 0.15) is 11.3 Å². The van der Waals surface area contributed by atoms with Crippen LogP contribution in [0.2, 0.25) is 0 Å². The van der Waals surface area contributed by atoms with E-state index in [9.17, 15) is 4.79 Å². The highest BCUT2D eigenvalue weighted by molar-refractivity contribution is 5.94. The number of rotatable bonds is 4. The van der Waals surface area contributed by atoms with Crippen LogP contribution >= 0.6 is 0 Å². The van der Waals surface area contributed by atoms with E-state index in [4.69, 9.17) is 9.15 Å². The van der Waals surface area contributed by atoms with E-state index >= 15 is 0 Å². The molecule has 4 aromatic rings. The van der Waals surface area contributed by atoms with E-state index in [0.29, 0.717) is 23.5 Å². The van der Waals surface area contributed by atoms with Crippen LogP contribution in [0.1, 0.15) is 10.6 Å². The van der Waals surface area contributed by atoms with Crippen LogP contribution in [0.15, 0.2) is 71.5 Å². The van der Waals surface area contributed by atoms with Crippen molar-refractivity contribution in [1.29, 1.82) is 0 Å². The van der Waals surface area contributed by atoms with Gasteiger partial charge in [-0.05, 0) is 29.8 Å². The zero-order chi connectivity index (χ0) is 16.4. The fourth-order valence-corrected chi connectivity index (χ4v) is 2.50. The summed E-state index contributed by atoms with van der Waals surface area (Å²) < 4.78 is 11.4. The summed E-state index contributed by atoms with van der Waals surface area (Å²) in [5.74, 6) is 1.46. The van der Waals surface area contributed by atoms with E-state index in [2.05, 4.69) is 9.97 Å². The molecule has 0 amide bonds. The number of pyridine rings is 2. The molecule has 0 unspecified atom stereocenters. The molecule has 3 heterocycles. The van der Waals surface area contributed by atoms with Crippen LogP contribution in [0.5, 0.6) is 11.6 Å². The van der Waals surface area contributed by atoms with Gasteiger partial charge in [-0.2, -0.15) is 0 Å². The van der Waals surface area contributed by atoms with Gasteiger partial charge in [0.05, 0.1) is 0 Å². The molecule has 0 aliphatic heterocycles. The lowest BCUT2D eigenvalue weighted by Gasteiger charge is -2.07. The Bertz CT molecular complexity index is 1010. The largest absolute Gasteiger partial charge is 0.453 e. The molecule has 0 atom stereocenters. The second kappa shape index (κ2) is 5.96. The average molecular weight is 316 g/mol. The van der Waals surface area contributed by atoms with Crippen molar-refractivity contribution in [2.45, 2.75) is 0 Å². The number of benzene rings is 1. The number of nitrogens with zero attached hydrogens (tertiary/aromatic N) is 2. The molecular weight excluding hydrogens is 304 g/mol. The van der Waals surface area contributed by atoms with E-state index < -0.39 is 0 Å². The van der Waals surface area contributed by atoms with Crippen molar-refractivity contribution in [3.05, 3.63) is 72.9 Å². The summed E-state index contributed by atoms with van der Waals surface area (Å²) in [6, 6.07) is 14.7. The van der Waals surface area contributed by atoms with Crippen LogP contribution in [0, 0.1) is 0 Å². The summed E-state index contributed by atoms with van der Waals surface area (Å²) in [6.45, 7) is 0. The molecule has 116 valence electrons. The highest BCUT2D eigenvalue weighted by Crippen LogP contribution is 2.32. The predicted molar refractivity (Wildman–Crippen MR) is 89.1 cm³/mol. The molecule has 24 heavy (non-hydrogen) atoms. The molecule has 1 aromatic carbocycles. The lowest BCUT2D eigenvalue weighted by Crippen LogP contribution is -1.88. The average Bonchev–Trinajstić information content (AvgIpc) is 3.06. The van der Waals surface area contributed by atoms with Gasteiger partial charge in [0.25, 0.3) is 0 Å². The van der Waals surface area contributed by atoms with Crippen LogP contribution < -0.4 is 4.74 Å². The smallest absolute Gasteiger partial charge is 0.219 e. The number of ether oxygens (including phenoxy) is 1. The molecule has 4 rings (SSSR count). The number of fused-ring (bicyclic) bond motifs is 1. The summed E-state index contributed by atoms with van der Waals surface area (Å²) in [7, 11) is 0. The van der Waals surface area contributed by atoms with Gasteiger partial charge in [0, 0.05) is 35.6 Å². The Hall–Kier alpha value is -3.47. The van der Waals surface area contributed by atoms with E-state index in [0.717, 1.165) is 16.5 Å². The fourth-order valence-electron chi connectivity index (χ4n) is 2.50. The minimum absolute atomic E-state index is 0.278. The maximum absolute atomic E-state index is 10.9. The zero-order valence-corrected chi connectivity index (χ0v) is 12.5. The molecular formula is C19H12N2O3. The molecule has 0 bridgehead atoms. The molecule has 0 saturated heterocycles. The third-order valence-electron chi connectivity index (χ3n) is 3.56. The Morgan fingerprint density at radius 3 is 2.83 bits per heavy atom. The molecule has 3 aromatic heterocycles. The summed E-state index contributed by atoms with van der Waals surface area (Å²) in [5, 5.41) is 0.783. The monoisotopic (exact) mass is 316 g/mol. The van der Waals surface area contributed by atoms with Crippen LogP contribution in [0.4, 0.5) is 0 Å². The predicted octanol–water partition coefficient (Wildman–Crippen LogP) is 4.49. The molecule has 0 N–H and O–H groups in total. The van der Waals surface area contributed by atoms with Gasteiger partial charge in [-0.1, -0.05) is 18.2 Å². The Morgan fingerprint density at radius 2 is 2.00 bits per heavy atom. The van der Waals surface area contributed by atoms with Gasteiger partial charge in [0.2, 0.25) is 5.88 Å². The Labute approximate surface area is 137 Å². The maximum Gasteiger partial charge on any atom is 0.219 e. The van der Waals surface area contributed by atoms with Crippen molar-refractivity contribution >= 4 is 17.3 Å². The normalized spacial score (nSPS) is 10.7. The summed E-state index contributed by atoms with van der Waals surface area (Å²) in [4.78, 5) is 19.3. The second-order valence-electron chi connectivity index (χ2n) is 5.17. The molecule has 0 saturated carbocycles. The van der Waals surface area contributed by atoms with Crippen LogP contribution in [0.3, 0.4) is 0 Å². The quantitative estimate of drug-likeness (QED) is 0.519. The van der Waals surface area contributed by atoms with Gasteiger partial charge in [-0.3, -0.25) is 9.78 Å². The Balaban J connectivity index is 1.76. The molecule has 5 heteroatoms. The SMILES string of the molecule is O=Cc1cc2cncc(-c3cccc(Oc4ccccn4)c3)c2o1. The molecule has 5 nitrogen and oxygen atoms in total. The Kier molecular flexibility index (Phi) is 3.51. The lowest BCUT2D eigenvalue weighted by molar-refractivity contribution is 0.110. The van der Waals surface area contributed by atoms with Crippen molar-refractivity contribution in [3.8, 4) is 22.8 Å². The van der Waals surface area contributed by atoms with Crippen molar-refractivity contribution in [3.63, 3.8) is 0 Å². The first kappa shape index (κ1) is 14.1. The molecule has 0 aliphatic rings. The highest BCUT2D eigenvalue weighted by atomic mass is 16.5. The van der Waals surface area contributed by atoms with Gasteiger partial charge in [-0.15, -0.1) is 0 Å². The van der Waals surface area contributed by atoms with Crippen molar-refractivity contribution in [2.24, 2.45) is 0 Å². The zero-order valence-electron chi connectivity index (χ0n) is 12.5. The first-order valence-corrected chi connectivity index (χ1v) is 7.35. The highest BCUT2D eigenvalue weighted by Gasteiger charge is 2.11. The standard InChI is InChI=1S/C19H12N2O3/c22-12-16-9-14-10-20-11-17(19(14)24-16)13-4-3-5-15(8-13)23-18-6-1-2-7-21-18/h1-12H. The number of hydrogen-bond acceptors (Lipinski definition) is 5. The lowest BCUT2D eigenvalue weighted by atomic mass is 10.1. The van der Waals surface area contributed by atoms with Crippen LogP contribution in [0.25, 0.3) is 22.1 Å². The molecule has 0 fully saturated rings. The van der Waals surface area contributed by atoms with Crippen LogP contribution in [-0.4, -0.2) is 16.3 Å². The third kappa shape index (κ3) is 2.63. The molecule has 0 aliphatic carbocycles. The van der Waals surface area contributed by atoms with Gasteiger partial charge >= 0.3 is 0 Å². The van der Waals surface area contributed by atoms with Gasteiger partial charge < -0.3 is 9.15 Å². The first-order chi connectivity index (χ1) is 11.8. The maximum atomic E-state index is 10.9. The van der Waals surface area contributed by atoms with Gasteiger partial charge in [-0.25, -0.2) is 4.98 Å². The third-order valence-corrected chi connectivity index (χ3v) is 3.56. The fraction of sp³-hybridized carbons (Fsp3) is 0. The topological polar surface area (TPSA) is 65.2 Å². The number of hydrogen-bond donors (Lipinski definition) is 0.